The minimum absolute atomic E-state index is 0.0418. The van der Waals surface area contributed by atoms with Gasteiger partial charge in [-0.15, -0.1) is 0 Å². The van der Waals surface area contributed by atoms with Crippen molar-refractivity contribution in [2.45, 2.75) is 117 Å². The Morgan fingerprint density at radius 1 is 0.582 bits per heavy atom. The molecular weight excluding hydrogens is 845 g/mol. The summed E-state index contributed by atoms with van der Waals surface area (Å²) in [6, 6.07) is 23.9. The molecule has 8 atom stereocenters. The molecule has 8 unspecified atom stereocenters. The normalized spacial score (nSPS) is 28.4. The van der Waals surface area contributed by atoms with Gasteiger partial charge in [0.15, 0.2) is 0 Å². The molecule has 0 spiro atoms. The van der Waals surface area contributed by atoms with Crippen molar-refractivity contribution in [1.82, 2.24) is 0 Å². The van der Waals surface area contributed by atoms with E-state index in [9.17, 15) is 28.8 Å². The third-order valence-electron chi connectivity index (χ3n) is 17.9. The molecule has 4 fully saturated rings. The Labute approximate surface area is 392 Å². The fourth-order valence-electron chi connectivity index (χ4n) is 14.4. The molecule has 4 saturated carbocycles. The van der Waals surface area contributed by atoms with Gasteiger partial charge in [-0.05, 0) is 182 Å². The van der Waals surface area contributed by atoms with Gasteiger partial charge in [-0.25, -0.2) is 28.8 Å². The van der Waals surface area contributed by atoms with E-state index in [0.717, 1.165) is 60.0 Å². The third-order valence-corrected chi connectivity index (χ3v) is 17.9. The van der Waals surface area contributed by atoms with E-state index in [0.29, 0.717) is 28.7 Å². The van der Waals surface area contributed by atoms with Crippen molar-refractivity contribution in [3.05, 3.63) is 129 Å². The van der Waals surface area contributed by atoms with Crippen molar-refractivity contribution in [2.24, 2.45) is 52.3 Å². The molecule has 2 aliphatic heterocycles. The second-order valence-corrected chi connectivity index (χ2v) is 21.7. The number of fused-ring (bicyclic) bond motifs is 7. The molecule has 10 heteroatoms. The van der Waals surface area contributed by atoms with E-state index in [-0.39, 0.29) is 44.2 Å². The zero-order chi connectivity index (χ0) is 47.0. The highest BCUT2D eigenvalue weighted by atomic mass is 16.6. The topological polar surface area (TPSA) is 139 Å². The van der Waals surface area contributed by atoms with E-state index in [1.54, 1.807) is 0 Å². The van der Waals surface area contributed by atoms with Crippen molar-refractivity contribution >= 4 is 35.8 Å². The smallest absolute Gasteiger partial charge is 0.346 e. The molecule has 10 rings (SSSR count). The lowest BCUT2D eigenvalue weighted by molar-refractivity contribution is -0.122. The lowest BCUT2D eigenvalue weighted by Gasteiger charge is -2.63. The molecule has 348 valence electrons. The first-order chi connectivity index (χ1) is 32.1. The molecule has 0 saturated heterocycles. The molecule has 0 amide bonds. The van der Waals surface area contributed by atoms with Crippen molar-refractivity contribution < 1.29 is 47.7 Å². The molecule has 10 nitrogen and oxygen atoms in total. The van der Waals surface area contributed by atoms with Crippen molar-refractivity contribution in [3.63, 3.8) is 0 Å². The van der Waals surface area contributed by atoms with Crippen LogP contribution in [0.3, 0.4) is 0 Å². The first kappa shape index (κ1) is 44.9. The Kier molecular flexibility index (Phi) is 11.4. The van der Waals surface area contributed by atoms with E-state index in [4.69, 9.17) is 18.9 Å². The van der Waals surface area contributed by atoms with Gasteiger partial charge < -0.3 is 18.9 Å². The van der Waals surface area contributed by atoms with Gasteiger partial charge in [0.1, 0.15) is 11.5 Å². The van der Waals surface area contributed by atoms with Crippen LogP contribution in [0.5, 0.6) is 11.5 Å². The van der Waals surface area contributed by atoms with E-state index >= 15 is 0 Å². The zero-order valence-electron chi connectivity index (χ0n) is 39.2. The van der Waals surface area contributed by atoms with E-state index in [1.807, 2.05) is 24.3 Å². The summed E-state index contributed by atoms with van der Waals surface area (Å²) < 4.78 is 21.0. The molecule has 0 radical (unpaired) electrons. The van der Waals surface area contributed by atoms with E-state index in [2.05, 4.69) is 58.9 Å². The highest BCUT2D eigenvalue weighted by Gasteiger charge is 2.62. The summed E-state index contributed by atoms with van der Waals surface area (Å²) >= 11 is 0. The van der Waals surface area contributed by atoms with Crippen LogP contribution < -0.4 is 9.47 Å². The number of hydrogen-bond donors (Lipinski definition) is 0. The fraction of sp³-hybridized carbons (Fsp3) is 0.474. The maximum atomic E-state index is 13.3. The molecule has 2 heterocycles. The summed E-state index contributed by atoms with van der Waals surface area (Å²) in [7, 11) is 0. The monoisotopic (exact) mass is 904 g/mol. The van der Waals surface area contributed by atoms with Gasteiger partial charge in [0.2, 0.25) is 0 Å². The van der Waals surface area contributed by atoms with Crippen molar-refractivity contribution in [1.29, 1.82) is 0 Å². The number of rotatable bonds is 11. The third kappa shape index (κ3) is 7.72. The molecule has 0 aromatic heterocycles. The lowest BCUT2D eigenvalue weighted by Crippen LogP contribution is -2.55. The summed E-state index contributed by atoms with van der Waals surface area (Å²) in [4.78, 5) is 75.0. The summed E-state index contributed by atoms with van der Waals surface area (Å²) in [5.74, 6) is 1.44. The fourth-order valence-corrected chi connectivity index (χ4v) is 14.4. The summed E-state index contributed by atoms with van der Waals surface area (Å²) in [5, 5.41) is 0. The summed E-state index contributed by atoms with van der Waals surface area (Å²) in [6.07, 6.45) is 14.8. The van der Waals surface area contributed by atoms with Gasteiger partial charge in [0.05, 0.1) is 33.4 Å². The first-order valence-electron chi connectivity index (χ1n) is 24.5. The van der Waals surface area contributed by atoms with Gasteiger partial charge in [-0.2, -0.15) is 0 Å². The maximum absolute atomic E-state index is 13.3. The second kappa shape index (κ2) is 17.0. The minimum Gasteiger partial charge on any atom is -0.423 e. The van der Waals surface area contributed by atoms with Crippen LogP contribution in [0.25, 0.3) is 0 Å². The molecule has 0 bridgehead atoms. The standard InChI is InChI=1S/C57H60O10/c1-32(2)7-6-8-33(3)46-23-24-47-43-22-15-38-31-57(28-27-55(38,4)48(43)25-26-56(46,47)5,36-11-16-39(17-12-36)64-49(58)34-9-20-41-44(29-34)53(62)66-51(41)60)37-13-18-40(19-14-37)65-50(59)35-10-21-42-45(30-35)54(63)67-52(42)61/h9-14,16-21,29-30,32-33,38,43,46-48H,6-8,15,22-28,31H2,1-5H3. The number of ether oxygens (including phenoxy) is 4. The molecule has 4 aromatic carbocycles. The van der Waals surface area contributed by atoms with Crippen LogP contribution in [-0.4, -0.2) is 35.8 Å². The van der Waals surface area contributed by atoms with Crippen LogP contribution in [0, 0.1) is 52.3 Å². The van der Waals surface area contributed by atoms with E-state index < -0.39 is 35.8 Å². The molecule has 4 aromatic rings. The predicted octanol–water partition coefficient (Wildman–Crippen LogP) is 12.2. The predicted molar refractivity (Wildman–Crippen MR) is 249 cm³/mol. The molecule has 67 heavy (non-hydrogen) atoms. The number of benzene rings is 4. The molecule has 0 N–H and O–H groups in total. The van der Waals surface area contributed by atoms with Crippen LogP contribution in [0.1, 0.15) is 185 Å². The lowest BCUT2D eigenvalue weighted by atomic mass is 9.42. The van der Waals surface area contributed by atoms with Gasteiger partial charge in [-0.3, -0.25) is 0 Å². The molecule has 4 aliphatic carbocycles. The SMILES string of the molecule is CC(C)CCCC(C)C1CCC2C3CCC4CC(c5ccc(OC(=O)c6ccc7c(c6)C(=O)OC7=O)cc5)(c5ccc(OC(=O)c6ccc7c(c6)C(=O)OC7=O)cc5)CCC4(C)C3CCC12C. The number of carbonyl (C=O) groups excluding carboxylic acids is 6. The first-order valence-corrected chi connectivity index (χ1v) is 24.5. The highest BCUT2D eigenvalue weighted by molar-refractivity contribution is 6.16. The van der Waals surface area contributed by atoms with Gasteiger partial charge >= 0.3 is 35.8 Å². The number of hydrogen-bond acceptors (Lipinski definition) is 10. The number of cyclic esters (lactones) is 4. The second-order valence-electron chi connectivity index (χ2n) is 21.7. The van der Waals surface area contributed by atoms with Crippen molar-refractivity contribution in [3.8, 4) is 11.5 Å². The van der Waals surface area contributed by atoms with Gasteiger partial charge in [0.25, 0.3) is 0 Å². The Balaban J connectivity index is 0.906. The van der Waals surface area contributed by atoms with Crippen LogP contribution in [0.4, 0.5) is 0 Å². The van der Waals surface area contributed by atoms with E-state index in [1.165, 1.54) is 94.2 Å². The van der Waals surface area contributed by atoms with Crippen molar-refractivity contribution in [2.75, 3.05) is 0 Å². The van der Waals surface area contributed by atoms with Crippen LogP contribution in [0.2, 0.25) is 0 Å². The summed E-state index contributed by atoms with van der Waals surface area (Å²) in [6.45, 7) is 12.5. The Morgan fingerprint density at radius 3 is 1.64 bits per heavy atom. The minimum atomic E-state index is -0.787. The van der Waals surface area contributed by atoms with Crippen LogP contribution >= 0.6 is 0 Å². The average molecular weight is 905 g/mol. The largest absolute Gasteiger partial charge is 0.423 e. The Morgan fingerprint density at radius 2 is 1.10 bits per heavy atom. The zero-order valence-corrected chi connectivity index (χ0v) is 39.2. The average Bonchev–Trinajstić information content (AvgIpc) is 3.93. The van der Waals surface area contributed by atoms with Crippen LogP contribution in [0.15, 0.2) is 84.9 Å². The van der Waals surface area contributed by atoms with Gasteiger partial charge in [-0.1, -0.05) is 78.1 Å². The highest BCUT2D eigenvalue weighted by Crippen LogP contribution is 2.70. The molecule has 6 aliphatic rings. The Hall–Kier alpha value is -5.90. The van der Waals surface area contributed by atoms with Gasteiger partial charge in [0, 0.05) is 5.41 Å². The maximum Gasteiger partial charge on any atom is 0.346 e. The Bertz CT molecular complexity index is 2540. The number of carbonyl (C=O) groups is 6. The van der Waals surface area contributed by atoms with Crippen LogP contribution in [-0.2, 0) is 14.9 Å². The molecular formula is C57H60O10. The quantitative estimate of drug-likeness (QED) is 0.0811. The summed E-state index contributed by atoms with van der Waals surface area (Å²) in [5.41, 5.74) is 3.07. The number of esters is 6.